The molecule has 0 spiro atoms. The minimum Gasteiger partial charge on any atom is -0.465 e. The summed E-state index contributed by atoms with van der Waals surface area (Å²) in [5.41, 5.74) is -2.73. The monoisotopic (exact) mass is 601 g/mol. The van der Waals surface area contributed by atoms with Gasteiger partial charge in [0.25, 0.3) is 0 Å². The van der Waals surface area contributed by atoms with Crippen molar-refractivity contribution in [2.75, 3.05) is 52.7 Å². The highest BCUT2D eigenvalue weighted by Gasteiger charge is 2.46. The van der Waals surface area contributed by atoms with E-state index in [1.807, 2.05) is 27.7 Å². The molecule has 0 aliphatic heterocycles. The molecule has 0 N–H and O–H groups in total. The third-order valence-corrected chi connectivity index (χ3v) is 8.54. The Balaban J connectivity index is 5.40. The van der Waals surface area contributed by atoms with Crippen LogP contribution in [-0.2, 0) is 38.4 Å². The number of ether oxygens (including phenoxy) is 3. The van der Waals surface area contributed by atoms with Crippen molar-refractivity contribution >= 4 is 17.9 Å². The molecule has 9 heteroatoms. The maximum Gasteiger partial charge on any atom is 0.311 e. The minimum absolute atomic E-state index is 0.00473. The first-order chi connectivity index (χ1) is 19.6. The fourth-order valence-corrected chi connectivity index (χ4v) is 4.48. The first-order valence-corrected chi connectivity index (χ1v) is 16.0. The van der Waals surface area contributed by atoms with Crippen LogP contribution in [0.1, 0.15) is 121 Å². The molecule has 0 saturated carbocycles. The van der Waals surface area contributed by atoms with Crippen molar-refractivity contribution in [3.63, 3.8) is 0 Å². The number of carbonyl (C=O) groups is 3. The summed E-state index contributed by atoms with van der Waals surface area (Å²) >= 11 is 0. The molecular formula is C33H63NO8. The van der Waals surface area contributed by atoms with Gasteiger partial charge in [-0.25, -0.2) is 9.78 Å². The van der Waals surface area contributed by atoms with Crippen LogP contribution in [0, 0.1) is 21.7 Å². The van der Waals surface area contributed by atoms with Gasteiger partial charge < -0.3 is 19.1 Å². The van der Waals surface area contributed by atoms with E-state index in [2.05, 4.69) is 39.5 Å². The highest BCUT2D eigenvalue weighted by Crippen LogP contribution is 2.43. The van der Waals surface area contributed by atoms with E-state index in [4.69, 9.17) is 24.0 Å². The Morgan fingerprint density at radius 2 is 1.17 bits per heavy atom. The second-order valence-corrected chi connectivity index (χ2v) is 13.4. The summed E-state index contributed by atoms with van der Waals surface area (Å²) in [5, 5.41) is 0. The first kappa shape index (κ1) is 40.3. The standard InChI is InChI=1S/C33H63NO8/c1-12-17-21-38-29(37)33(11,19-18-32(10,14-3)28(36)39-22-20-34(15-4)16-5)25-31(8,9)27(35)40-23-24-41-42-26-30(6,7)13-2/h12-26H2,1-11H3. The summed E-state index contributed by atoms with van der Waals surface area (Å²) in [6.45, 7) is 25.4. The predicted molar refractivity (Wildman–Crippen MR) is 166 cm³/mol. The number of hydrogen-bond donors (Lipinski definition) is 0. The zero-order valence-corrected chi connectivity index (χ0v) is 28.8. The van der Waals surface area contributed by atoms with E-state index in [-0.39, 0.29) is 37.0 Å². The molecule has 0 aromatic heterocycles. The van der Waals surface area contributed by atoms with Crippen LogP contribution in [0.25, 0.3) is 0 Å². The van der Waals surface area contributed by atoms with E-state index in [1.165, 1.54) is 0 Å². The van der Waals surface area contributed by atoms with Crippen LogP contribution in [0.4, 0.5) is 0 Å². The van der Waals surface area contributed by atoms with Crippen LogP contribution in [0.15, 0.2) is 0 Å². The molecule has 0 aliphatic rings. The maximum atomic E-state index is 13.4. The van der Waals surface area contributed by atoms with Gasteiger partial charge in [0.15, 0.2) is 0 Å². The summed E-state index contributed by atoms with van der Waals surface area (Å²) in [5.74, 6) is -1.05. The van der Waals surface area contributed by atoms with Crippen LogP contribution in [-0.4, -0.2) is 75.5 Å². The molecule has 0 aliphatic carbocycles. The van der Waals surface area contributed by atoms with Gasteiger partial charge in [0.05, 0.1) is 29.5 Å². The predicted octanol–water partition coefficient (Wildman–Crippen LogP) is 6.76. The smallest absolute Gasteiger partial charge is 0.311 e. The number of likely N-dealkylation sites (N-methyl/N-ethyl adjacent to an activating group) is 1. The van der Waals surface area contributed by atoms with E-state index < -0.39 is 22.2 Å². The highest BCUT2D eigenvalue weighted by molar-refractivity contribution is 5.81. The van der Waals surface area contributed by atoms with Gasteiger partial charge in [0, 0.05) is 6.54 Å². The van der Waals surface area contributed by atoms with Crippen LogP contribution >= 0.6 is 0 Å². The van der Waals surface area contributed by atoms with E-state index in [9.17, 15) is 14.4 Å². The fraction of sp³-hybridized carbons (Fsp3) is 0.909. The fourth-order valence-electron chi connectivity index (χ4n) is 4.48. The van der Waals surface area contributed by atoms with Crippen molar-refractivity contribution < 1.29 is 38.4 Å². The molecule has 0 radical (unpaired) electrons. The second kappa shape index (κ2) is 19.5. The van der Waals surface area contributed by atoms with Crippen molar-refractivity contribution in [2.24, 2.45) is 21.7 Å². The molecule has 0 fully saturated rings. The quantitative estimate of drug-likeness (QED) is 0.0390. The van der Waals surface area contributed by atoms with Gasteiger partial charge in [-0.2, -0.15) is 0 Å². The molecular weight excluding hydrogens is 538 g/mol. The van der Waals surface area contributed by atoms with Crippen molar-refractivity contribution in [2.45, 2.75) is 121 Å². The van der Waals surface area contributed by atoms with Crippen molar-refractivity contribution in [1.29, 1.82) is 0 Å². The summed E-state index contributed by atoms with van der Waals surface area (Å²) in [6, 6.07) is 0. The van der Waals surface area contributed by atoms with Gasteiger partial charge in [-0.15, -0.1) is 0 Å². The molecule has 2 unspecified atom stereocenters. The van der Waals surface area contributed by atoms with E-state index in [0.29, 0.717) is 45.6 Å². The molecule has 0 saturated heterocycles. The number of unbranched alkanes of at least 4 members (excludes halogenated alkanes) is 1. The van der Waals surface area contributed by atoms with Gasteiger partial charge in [-0.3, -0.25) is 14.4 Å². The summed E-state index contributed by atoms with van der Waals surface area (Å²) < 4.78 is 16.8. The van der Waals surface area contributed by atoms with Crippen molar-refractivity contribution in [1.82, 2.24) is 4.90 Å². The minimum atomic E-state index is -1.00. The Hall–Kier alpha value is -1.71. The summed E-state index contributed by atoms with van der Waals surface area (Å²) in [7, 11) is 0. The summed E-state index contributed by atoms with van der Waals surface area (Å²) in [6.07, 6.45) is 4.19. The van der Waals surface area contributed by atoms with Gasteiger partial charge in [-0.05, 0) is 84.7 Å². The normalized spacial score (nSPS) is 15.1. The number of rotatable bonds is 24. The lowest BCUT2D eigenvalue weighted by molar-refractivity contribution is -0.311. The van der Waals surface area contributed by atoms with Crippen molar-refractivity contribution in [3.8, 4) is 0 Å². The highest BCUT2D eigenvalue weighted by atomic mass is 17.2. The zero-order chi connectivity index (χ0) is 32.5. The van der Waals surface area contributed by atoms with Crippen LogP contribution in [0.3, 0.4) is 0 Å². The molecule has 42 heavy (non-hydrogen) atoms. The molecule has 0 aromatic rings. The average Bonchev–Trinajstić information content (AvgIpc) is 2.95. The number of hydrogen-bond acceptors (Lipinski definition) is 9. The zero-order valence-electron chi connectivity index (χ0n) is 28.8. The molecule has 0 amide bonds. The summed E-state index contributed by atoms with van der Waals surface area (Å²) in [4.78, 5) is 52.4. The SMILES string of the molecule is CCCCOC(=O)C(C)(CCC(C)(CC)C(=O)OCCN(CC)CC)CC(C)(C)C(=O)OCCOOCC(C)(C)CC. The first-order valence-electron chi connectivity index (χ1n) is 16.0. The van der Waals surface area contributed by atoms with Crippen molar-refractivity contribution in [3.05, 3.63) is 0 Å². The van der Waals surface area contributed by atoms with Gasteiger partial charge in [-0.1, -0.05) is 54.9 Å². The van der Waals surface area contributed by atoms with E-state index in [0.717, 1.165) is 32.4 Å². The lowest BCUT2D eigenvalue weighted by Crippen LogP contribution is -2.41. The molecule has 248 valence electrons. The molecule has 2 atom stereocenters. The molecule has 0 heterocycles. The average molecular weight is 602 g/mol. The third kappa shape index (κ3) is 14.6. The largest absolute Gasteiger partial charge is 0.465 e. The number of carbonyl (C=O) groups excluding carboxylic acids is 3. The van der Waals surface area contributed by atoms with E-state index in [1.54, 1.807) is 13.8 Å². The molecule has 0 rings (SSSR count). The number of nitrogens with zero attached hydrogens (tertiary/aromatic N) is 1. The lowest BCUT2D eigenvalue weighted by atomic mass is 9.68. The topological polar surface area (TPSA) is 101 Å². The Labute approximate surface area is 256 Å². The Morgan fingerprint density at radius 3 is 1.71 bits per heavy atom. The Bertz CT molecular complexity index is 795. The number of esters is 3. The second-order valence-electron chi connectivity index (χ2n) is 13.4. The van der Waals surface area contributed by atoms with Crippen LogP contribution in [0.2, 0.25) is 0 Å². The van der Waals surface area contributed by atoms with Crippen LogP contribution < -0.4 is 0 Å². The third-order valence-electron chi connectivity index (χ3n) is 8.54. The molecule has 9 nitrogen and oxygen atoms in total. The maximum absolute atomic E-state index is 13.4. The van der Waals surface area contributed by atoms with Crippen LogP contribution in [0.5, 0.6) is 0 Å². The van der Waals surface area contributed by atoms with Gasteiger partial charge >= 0.3 is 17.9 Å². The van der Waals surface area contributed by atoms with E-state index >= 15 is 0 Å². The Kier molecular flexibility index (Phi) is 18.7. The molecule has 0 bridgehead atoms. The lowest BCUT2D eigenvalue weighted by Gasteiger charge is -2.37. The van der Waals surface area contributed by atoms with Gasteiger partial charge in [0.2, 0.25) is 0 Å². The molecule has 0 aromatic carbocycles. The Morgan fingerprint density at radius 1 is 0.619 bits per heavy atom. The van der Waals surface area contributed by atoms with Gasteiger partial charge in [0.1, 0.15) is 19.8 Å².